The van der Waals surface area contributed by atoms with Crippen LogP contribution in [0.4, 0.5) is 11.6 Å². The lowest BCUT2D eigenvalue weighted by Gasteiger charge is -2.17. The molecule has 1 heterocycles. The van der Waals surface area contributed by atoms with Crippen LogP contribution in [0.5, 0.6) is 5.75 Å². The maximum absolute atomic E-state index is 8.96. The lowest BCUT2D eigenvalue weighted by atomic mass is 10.0. The highest BCUT2D eigenvalue weighted by atomic mass is 16.5. The molecule has 6 heteroatoms. The van der Waals surface area contributed by atoms with Crippen molar-refractivity contribution in [3.63, 3.8) is 0 Å². The molecule has 102 valence electrons. The number of ether oxygens (including phenoxy) is 1. The van der Waals surface area contributed by atoms with Crippen molar-refractivity contribution in [3.05, 3.63) is 6.33 Å². The van der Waals surface area contributed by atoms with Gasteiger partial charge >= 0.3 is 0 Å². The fraction of sp³-hybridized carbons (Fsp3) is 0.667. The molecule has 0 aliphatic heterocycles. The van der Waals surface area contributed by atoms with Gasteiger partial charge in [-0.05, 0) is 12.3 Å². The Labute approximate surface area is 108 Å². The molecule has 0 aromatic carbocycles. The first-order valence-electron chi connectivity index (χ1n) is 6.18. The smallest absolute Gasteiger partial charge is 0.204 e. The van der Waals surface area contributed by atoms with E-state index in [-0.39, 0.29) is 6.61 Å². The summed E-state index contributed by atoms with van der Waals surface area (Å²) in [6.45, 7) is 3.08. The van der Waals surface area contributed by atoms with Crippen LogP contribution in [-0.4, -0.2) is 42.4 Å². The number of nitrogens with one attached hydrogen (secondary N) is 2. The minimum absolute atomic E-state index is 0.211. The predicted octanol–water partition coefficient (Wildman–Crippen LogP) is 1.35. The number of rotatable bonds is 8. The van der Waals surface area contributed by atoms with Gasteiger partial charge in [-0.3, -0.25) is 0 Å². The molecule has 0 spiro atoms. The largest absolute Gasteiger partial charge is 0.490 e. The zero-order valence-electron chi connectivity index (χ0n) is 11.2. The average molecular weight is 254 g/mol. The van der Waals surface area contributed by atoms with E-state index in [9.17, 15) is 0 Å². The average Bonchev–Trinajstić information content (AvgIpc) is 2.42. The number of aliphatic hydroxyl groups excluding tert-OH is 1. The van der Waals surface area contributed by atoms with Crippen LogP contribution >= 0.6 is 0 Å². The number of hydrogen-bond donors (Lipinski definition) is 3. The van der Waals surface area contributed by atoms with Crippen LogP contribution in [0.1, 0.15) is 19.8 Å². The quantitative estimate of drug-likeness (QED) is 0.650. The van der Waals surface area contributed by atoms with Gasteiger partial charge in [-0.1, -0.05) is 13.3 Å². The van der Waals surface area contributed by atoms with Crippen LogP contribution in [0.2, 0.25) is 0 Å². The standard InChI is InChI=1S/C12H22N4O2/c1-4-9(5-6-17)7-14-12-10(18-3)11(13-2)15-8-16-12/h8-9,17H,4-7H2,1-3H3,(H2,13,14,15,16). The molecule has 0 aliphatic rings. The Morgan fingerprint density at radius 3 is 2.67 bits per heavy atom. The molecule has 1 atom stereocenters. The maximum Gasteiger partial charge on any atom is 0.204 e. The number of aromatic nitrogens is 2. The Hall–Kier alpha value is -1.56. The van der Waals surface area contributed by atoms with E-state index in [1.165, 1.54) is 6.33 Å². The molecule has 1 aromatic heterocycles. The van der Waals surface area contributed by atoms with Crippen molar-refractivity contribution < 1.29 is 9.84 Å². The van der Waals surface area contributed by atoms with E-state index in [1.807, 2.05) is 0 Å². The Kier molecular flexibility index (Phi) is 6.21. The normalized spacial score (nSPS) is 12.0. The number of methoxy groups -OCH3 is 1. The Bertz CT molecular complexity index is 360. The zero-order valence-corrected chi connectivity index (χ0v) is 11.2. The Balaban J connectivity index is 2.71. The SMILES string of the molecule is CCC(CCO)CNc1ncnc(NC)c1OC. The van der Waals surface area contributed by atoms with Crippen LogP contribution < -0.4 is 15.4 Å². The van der Waals surface area contributed by atoms with Crippen molar-refractivity contribution in [3.8, 4) is 5.75 Å². The van der Waals surface area contributed by atoms with Crippen molar-refractivity contribution in [1.29, 1.82) is 0 Å². The van der Waals surface area contributed by atoms with E-state index in [2.05, 4.69) is 27.5 Å². The van der Waals surface area contributed by atoms with Crippen molar-refractivity contribution in [2.24, 2.45) is 5.92 Å². The van der Waals surface area contributed by atoms with Crippen LogP contribution in [0.3, 0.4) is 0 Å². The van der Waals surface area contributed by atoms with Crippen molar-refractivity contribution in [1.82, 2.24) is 9.97 Å². The summed E-state index contributed by atoms with van der Waals surface area (Å²) in [5.41, 5.74) is 0. The summed E-state index contributed by atoms with van der Waals surface area (Å²) in [6, 6.07) is 0. The first-order valence-corrected chi connectivity index (χ1v) is 6.18. The summed E-state index contributed by atoms with van der Waals surface area (Å²) in [6.07, 6.45) is 3.29. The fourth-order valence-corrected chi connectivity index (χ4v) is 1.75. The molecular weight excluding hydrogens is 232 g/mol. The van der Waals surface area contributed by atoms with Gasteiger partial charge in [0.1, 0.15) is 6.33 Å². The highest BCUT2D eigenvalue weighted by Crippen LogP contribution is 2.28. The van der Waals surface area contributed by atoms with Gasteiger partial charge in [0, 0.05) is 20.2 Å². The van der Waals surface area contributed by atoms with E-state index >= 15 is 0 Å². The monoisotopic (exact) mass is 254 g/mol. The number of aliphatic hydroxyl groups is 1. The molecule has 0 radical (unpaired) electrons. The third-order valence-electron chi connectivity index (χ3n) is 2.92. The van der Waals surface area contributed by atoms with Gasteiger partial charge < -0.3 is 20.5 Å². The molecule has 0 fully saturated rings. The minimum atomic E-state index is 0.211. The van der Waals surface area contributed by atoms with E-state index in [1.54, 1.807) is 14.2 Å². The second-order valence-electron chi connectivity index (χ2n) is 4.02. The van der Waals surface area contributed by atoms with E-state index in [0.717, 1.165) is 19.4 Å². The molecule has 0 amide bonds. The van der Waals surface area contributed by atoms with Gasteiger partial charge in [0.05, 0.1) is 7.11 Å². The number of hydrogen-bond acceptors (Lipinski definition) is 6. The second-order valence-corrected chi connectivity index (χ2v) is 4.02. The number of nitrogens with zero attached hydrogens (tertiary/aromatic N) is 2. The van der Waals surface area contributed by atoms with Crippen LogP contribution in [0, 0.1) is 5.92 Å². The summed E-state index contributed by atoms with van der Waals surface area (Å²) >= 11 is 0. The lowest BCUT2D eigenvalue weighted by Crippen LogP contribution is -2.16. The fourth-order valence-electron chi connectivity index (χ4n) is 1.75. The Morgan fingerprint density at radius 2 is 2.11 bits per heavy atom. The highest BCUT2D eigenvalue weighted by Gasteiger charge is 2.12. The van der Waals surface area contributed by atoms with Gasteiger partial charge in [-0.15, -0.1) is 0 Å². The summed E-state index contributed by atoms with van der Waals surface area (Å²) in [4.78, 5) is 8.26. The van der Waals surface area contributed by atoms with E-state index in [4.69, 9.17) is 9.84 Å². The molecule has 18 heavy (non-hydrogen) atoms. The van der Waals surface area contributed by atoms with Gasteiger partial charge in [0.15, 0.2) is 11.6 Å². The molecule has 0 bridgehead atoms. The molecule has 6 nitrogen and oxygen atoms in total. The molecule has 0 aliphatic carbocycles. The second kappa shape index (κ2) is 7.71. The van der Waals surface area contributed by atoms with E-state index in [0.29, 0.717) is 23.3 Å². The maximum atomic E-state index is 8.96. The van der Waals surface area contributed by atoms with Crippen molar-refractivity contribution in [2.75, 3.05) is 37.9 Å². The van der Waals surface area contributed by atoms with Gasteiger partial charge in [0.2, 0.25) is 5.75 Å². The summed E-state index contributed by atoms with van der Waals surface area (Å²) in [5, 5.41) is 15.2. The van der Waals surface area contributed by atoms with Gasteiger partial charge in [-0.25, -0.2) is 9.97 Å². The van der Waals surface area contributed by atoms with Crippen LogP contribution in [-0.2, 0) is 0 Å². The molecule has 0 saturated carbocycles. The summed E-state index contributed by atoms with van der Waals surface area (Å²) in [5.74, 6) is 2.37. The van der Waals surface area contributed by atoms with Gasteiger partial charge in [-0.2, -0.15) is 0 Å². The first kappa shape index (κ1) is 14.5. The van der Waals surface area contributed by atoms with Gasteiger partial charge in [0.25, 0.3) is 0 Å². The highest BCUT2D eigenvalue weighted by molar-refractivity contribution is 5.63. The Morgan fingerprint density at radius 1 is 1.39 bits per heavy atom. The van der Waals surface area contributed by atoms with Crippen molar-refractivity contribution in [2.45, 2.75) is 19.8 Å². The van der Waals surface area contributed by atoms with E-state index < -0.39 is 0 Å². The van der Waals surface area contributed by atoms with Crippen molar-refractivity contribution >= 4 is 11.6 Å². The molecule has 1 rings (SSSR count). The summed E-state index contributed by atoms with van der Waals surface area (Å²) in [7, 11) is 3.38. The number of anilines is 2. The molecular formula is C12H22N4O2. The zero-order chi connectivity index (χ0) is 13.4. The van der Waals surface area contributed by atoms with Crippen LogP contribution in [0.25, 0.3) is 0 Å². The molecule has 1 unspecified atom stereocenters. The lowest BCUT2D eigenvalue weighted by molar-refractivity contribution is 0.258. The molecule has 0 saturated heterocycles. The summed E-state index contributed by atoms with van der Waals surface area (Å²) < 4.78 is 5.29. The third-order valence-corrected chi connectivity index (χ3v) is 2.92. The van der Waals surface area contributed by atoms with Crippen LogP contribution in [0.15, 0.2) is 6.33 Å². The first-order chi connectivity index (χ1) is 8.76. The topological polar surface area (TPSA) is 79.3 Å². The minimum Gasteiger partial charge on any atom is -0.490 e. The predicted molar refractivity (Wildman–Crippen MR) is 72.1 cm³/mol. The third kappa shape index (κ3) is 3.73. The molecule has 3 N–H and O–H groups in total. The molecule has 1 aromatic rings.